The minimum absolute atomic E-state index is 0.0140. The van der Waals surface area contributed by atoms with Crippen molar-refractivity contribution in [2.45, 2.75) is 32.5 Å². The number of carbonyl (C=O) groups is 1. The number of amides is 1. The molecule has 0 saturated carbocycles. The zero-order chi connectivity index (χ0) is 29.2. The van der Waals surface area contributed by atoms with Crippen LogP contribution in [0.2, 0.25) is 5.02 Å². The maximum atomic E-state index is 13.0. The first-order valence-corrected chi connectivity index (χ1v) is 13.3. The van der Waals surface area contributed by atoms with E-state index in [4.69, 9.17) is 30.5 Å². The van der Waals surface area contributed by atoms with Gasteiger partial charge in [0.2, 0.25) is 5.88 Å². The molecule has 0 aliphatic rings. The van der Waals surface area contributed by atoms with Crippen LogP contribution in [-0.2, 0) is 32.3 Å². The molecule has 0 bridgehead atoms. The van der Waals surface area contributed by atoms with Crippen LogP contribution in [0.4, 0.5) is 18.0 Å². The summed E-state index contributed by atoms with van der Waals surface area (Å²) in [7, 11) is -2.95. The molecular weight excluding hydrogens is 571 g/mol. The molecule has 1 aromatic heterocycles. The molecule has 0 unspecified atom stereocenters. The number of hydrogen-bond acceptors (Lipinski definition) is 8. The Morgan fingerprint density at radius 1 is 1.21 bits per heavy atom. The van der Waals surface area contributed by atoms with Gasteiger partial charge in [-0.15, -0.1) is 0 Å². The fourth-order valence-electron chi connectivity index (χ4n) is 3.01. The third-order valence-electron chi connectivity index (χ3n) is 4.86. The summed E-state index contributed by atoms with van der Waals surface area (Å²) in [5.41, 5.74) is -0.776. The average molecular weight is 600 g/mol. The van der Waals surface area contributed by atoms with E-state index in [9.17, 15) is 31.5 Å². The largest absolute Gasteiger partial charge is 0.491 e. The van der Waals surface area contributed by atoms with Crippen LogP contribution in [0.25, 0.3) is 0 Å². The van der Waals surface area contributed by atoms with E-state index in [1.54, 1.807) is 13.8 Å². The minimum atomic E-state index is -4.67. The molecule has 0 saturated heterocycles. The Balaban J connectivity index is 2.29. The van der Waals surface area contributed by atoms with Crippen molar-refractivity contribution in [1.82, 2.24) is 14.0 Å². The van der Waals surface area contributed by atoms with E-state index in [0.29, 0.717) is 23.6 Å². The van der Waals surface area contributed by atoms with E-state index in [1.165, 1.54) is 25.3 Å². The number of hydrogen-bond donors (Lipinski definition) is 2. The smallest absolute Gasteiger partial charge is 0.422 e. The zero-order valence-corrected chi connectivity index (χ0v) is 22.9. The summed E-state index contributed by atoms with van der Waals surface area (Å²) in [6.45, 7) is 3.34. The molecule has 2 aromatic rings. The molecule has 0 spiro atoms. The summed E-state index contributed by atoms with van der Waals surface area (Å²) < 4.78 is 87.8. The van der Waals surface area contributed by atoms with Crippen LogP contribution in [0, 0.1) is 0 Å². The summed E-state index contributed by atoms with van der Waals surface area (Å²) in [4.78, 5) is 15.4. The average Bonchev–Trinajstić information content (AvgIpc) is 2.83. The second-order valence-electron chi connectivity index (χ2n) is 8.15. The van der Waals surface area contributed by atoms with Crippen molar-refractivity contribution in [3.05, 3.63) is 46.6 Å². The number of methoxy groups -OCH3 is 1. The van der Waals surface area contributed by atoms with E-state index < -0.39 is 39.6 Å². The first-order chi connectivity index (χ1) is 18.2. The Hall–Kier alpha value is -2.85. The predicted molar refractivity (Wildman–Crippen MR) is 135 cm³/mol. The summed E-state index contributed by atoms with van der Waals surface area (Å²) in [6.07, 6.45) is -6.15. The van der Waals surface area contributed by atoms with E-state index in [0.717, 1.165) is 0 Å². The maximum absolute atomic E-state index is 13.0. The van der Waals surface area contributed by atoms with Crippen LogP contribution >= 0.6 is 11.6 Å². The van der Waals surface area contributed by atoms with Gasteiger partial charge < -0.3 is 24.1 Å². The second kappa shape index (κ2) is 14.5. The van der Waals surface area contributed by atoms with Crippen LogP contribution in [0.3, 0.4) is 0 Å². The number of aromatic nitrogens is 1. The van der Waals surface area contributed by atoms with Crippen molar-refractivity contribution >= 4 is 27.9 Å². The Labute approximate surface area is 229 Å². The van der Waals surface area contributed by atoms with Gasteiger partial charge in [0, 0.05) is 32.5 Å². The van der Waals surface area contributed by atoms with Gasteiger partial charge in [0.05, 0.1) is 24.9 Å². The van der Waals surface area contributed by atoms with Crippen LogP contribution < -0.4 is 14.2 Å². The number of ether oxygens (including phenoxy) is 4. The van der Waals surface area contributed by atoms with E-state index in [2.05, 4.69) is 9.71 Å². The van der Waals surface area contributed by atoms with Crippen molar-refractivity contribution in [2.75, 3.05) is 40.0 Å². The van der Waals surface area contributed by atoms with Gasteiger partial charge in [-0.1, -0.05) is 17.7 Å². The molecule has 2 N–H and O–H groups in total. The van der Waals surface area contributed by atoms with Gasteiger partial charge in [-0.25, -0.2) is 9.78 Å². The summed E-state index contributed by atoms with van der Waals surface area (Å²) in [5, 5.41) is 9.10. The highest BCUT2D eigenvalue weighted by Gasteiger charge is 2.32. The van der Waals surface area contributed by atoms with Crippen LogP contribution in [-0.4, -0.2) is 75.0 Å². The van der Waals surface area contributed by atoms with Crippen LogP contribution in [0.15, 0.2) is 30.5 Å². The second-order valence-corrected chi connectivity index (χ2v) is 10.2. The van der Waals surface area contributed by atoms with Crippen LogP contribution in [0.1, 0.15) is 25.0 Å². The van der Waals surface area contributed by atoms with Crippen molar-refractivity contribution in [3.63, 3.8) is 0 Å². The highest BCUT2D eigenvalue weighted by Crippen LogP contribution is 2.36. The monoisotopic (exact) mass is 599 g/mol. The van der Waals surface area contributed by atoms with Crippen molar-refractivity contribution in [1.29, 1.82) is 0 Å². The van der Waals surface area contributed by atoms with Gasteiger partial charge in [-0.05, 0) is 38.0 Å². The molecule has 1 heterocycles. The third-order valence-corrected chi connectivity index (χ3v) is 6.62. The molecular formula is C23H29ClF3N3O8S. The van der Waals surface area contributed by atoms with Gasteiger partial charge in [-0.2, -0.15) is 30.6 Å². The number of benzene rings is 1. The maximum Gasteiger partial charge on any atom is 0.422 e. The number of pyridine rings is 1. The Kier molecular flexibility index (Phi) is 12.0. The van der Waals surface area contributed by atoms with Gasteiger partial charge >= 0.3 is 22.5 Å². The Morgan fingerprint density at radius 3 is 2.51 bits per heavy atom. The normalized spacial score (nSPS) is 12.0. The van der Waals surface area contributed by atoms with Gasteiger partial charge in [0.25, 0.3) is 0 Å². The SMILES string of the molecule is COCCOc1ccc(CCN(C(=O)O)S(=O)(=O)NCCOC(C)C)c(Oc2ncc(C(F)(F)F)cc2Cl)c1. The van der Waals surface area contributed by atoms with Crippen LogP contribution in [0.5, 0.6) is 17.4 Å². The van der Waals surface area contributed by atoms with Crippen molar-refractivity contribution < 1.29 is 50.4 Å². The Morgan fingerprint density at radius 2 is 1.92 bits per heavy atom. The molecule has 16 heteroatoms. The van der Waals surface area contributed by atoms with Gasteiger partial charge in [0.15, 0.2) is 0 Å². The Bertz CT molecular complexity index is 1220. The lowest BCUT2D eigenvalue weighted by Gasteiger charge is -2.21. The number of alkyl halides is 3. The fraction of sp³-hybridized carbons (Fsp3) is 0.478. The van der Waals surface area contributed by atoms with E-state index in [-0.39, 0.29) is 54.8 Å². The van der Waals surface area contributed by atoms with E-state index >= 15 is 0 Å². The molecule has 0 aliphatic carbocycles. The predicted octanol–water partition coefficient (Wildman–Crippen LogP) is 4.35. The molecule has 0 radical (unpaired) electrons. The highest BCUT2D eigenvalue weighted by atomic mass is 35.5. The third kappa shape index (κ3) is 10.3. The number of nitrogens with one attached hydrogen (secondary N) is 1. The molecule has 11 nitrogen and oxygen atoms in total. The molecule has 39 heavy (non-hydrogen) atoms. The number of carboxylic acid groups (broad SMARTS) is 1. The number of halogens is 4. The molecule has 218 valence electrons. The fourth-order valence-corrected chi connectivity index (χ4v) is 4.25. The minimum Gasteiger partial charge on any atom is -0.491 e. The topological polar surface area (TPSA) is 137 Å². The first-order valence-electron chi connectivity index (χ1n) is 11.5. The zero-order valence-electron chi connectivity index (χ0n) is 21.3. The molecule has 0 atom stereocenters. The highest BCUT2D eigenvalue weighted by molar-refractivity contribution is 7.87. The molecule has 0 fully saturated rings. The number of nitrogens with zero attached hydrogens (tertiary/aromatic N) is 2. The number of rotatable bonds is 15. The van der Waals surface area contributed by atoms with Gasteiger partial charge in [-0.3, -0.25) is 0 Å². The summed E-state index contributed by atoms with van der Waals surface area (Å²) in [6, 6.07) is 5.06. The van der Waals surface area contributed by atoms with Crippen molar-refractivity contribution in [2.24, 2.45) is 0 Å². The standard InChI is InChI=1S/C23H29ClF3N3O8S/c1-15(2)36-9-7-29-39(33,34)30(22(31)32)8-6-16-4-5-18(37-11-10-35-3)13-20(16)38-21-19(24)12-17(14-28-21)23(25,26)27/h4-5,12-15,29H,6-11H2,1-3H3,(H,31,32). The summed E-state index contributed by atoms with van der Waals surface area (Å²) >= 11 is 5.97. The van der Waals surface area contributed by atoms with E-state index in [1.807, 2.05) is 0 Å². The van der Waals surface area contributed by atoms with Gasteiger partial charge in [0.1, 0.15) is 23.1 Å². The lowest BCUT2D eigenvalue weighted by atomic mass is 10.1. The molecule has 0 aliphatic heterocycles. The van der Waals surface area contributed by atoms with Crippen molar-refractivity contribution in [3.8, 4) is 17.4 Å². The lowest BCUT2D eigenvalue weighted by molar-refractivity contribution is -0.137. The molecule has 2 rings (SSSR count). The first kappa shape index (κ1) is 32.4. The quantitative estimate of drug-likeness (QED) is 0.286. The summed E-state index contributed by atoms with van der Waals surface area (Å²) in [5.74, 6) is -0.0436. The molecule has 1 aromatic carbocycles. The molecule has 1 amide bonds. The lowest BCUT2D eigenvalue weighted by Crippen LogP contribution is -2.45.